The van der Waals surface area contributed by atoms with Crippen LogP contribution in [0.25, 0.3) is 0 Å². The Morgan fingerprint density at radius 3 is 2.33 bits per heavy atom. The van der Waals surface area contributed by atoms with Crippen LogP contribution in [-0.2, 0) is 11.0 Å². The zero-order valence-electron chi connectivity index (χ0n) is 10.8. The summed E-state index contributed by atoms with van der Waals surface area (Å²) in [6, 6.07) is 8.50. The van der Waals surface area contributed by atoms with Gasteiger partial charge in [0.15, 0.2) is 0 Å². The Morgan fingerprint density at radius 1 is 1.33 bits per heavy atom. The number of nitro groups is 1. The molecule has 1 rings (SSSR count). The second kappa shape index (κ2) is 6.06. The third kappa shape index (κ3) is 4.54. The van der Waals surface area contributed by atoms with Crippen LogP contribution in [0.15, 0.2) is 30.3 Å². The minimum absolute atomic E-state index is 0.286. The summed E-state index contributed by atoms with van der Waals surface area (Å²) in [5, 5.41) is 10.7. The van der Waals surface area contributed by atoms with Gasteiger partial charge in [-0.1, -0.05) is 30.3 Å². The van der Waals surface area contributed by atoms with E-state index in [1.54, 1.807) is 12.1 Å². The fourth-order valence-electron chi connectivity index (χ4n) is 1.35. The van der Waals surface area contributed by atoms with E-state index in [0.29, 0.717) is 0 Å². The van der Waals surface area contributed by atoms with Gasteiger partial charge >= 0.3 is 0 Å². The summed E-state index contributed by atoms with van der Waals surface area (Å²) in [6.07, 6.45) is 0. The highest BCUT2D eigenvalue weighted by atomic mass is 32.2. The van der Waals surface area contributed by atoms with Gasteiger partial charge in [-0.15, -0.1) is 0 Å². The standard InChI is InChI=1S/C12H18N2O3S/c1-12(2,3)18(17)13-11(9-14(15)16)10-7-5-4-6-8-10/h4-8,11,13H,9H2,1-3H3/t11-,18?/m1/s1. The third-order valence-electron chi connectivity index (χ3n) is 2.34. The number of rotatable bonds is 5. The molecule has 18 heavy (non-hydrogen) atoms. The number of hydrogen-bond acceptors (Lipinski definition) is 3. The van der Waals surface area contributed by atoms with Crippen molar-refractivity contribution >= 4 is 11.0 Å². The molecule has 0 heterocycles. The predicted molar refractivity (Wildman–Crippen MR) is 72.1 cm³/mol. The summed E-state index contributed by atoms with van der Waals surface area (Å²) in [7, 11) is -1.34. The highest BCUT2D eigenvalue weighted by Gasteiger charge is 2.26. The van der Waals surface area contributed by atoms with E-state index >= 15 is 0 Å². The number of hydrogen-bond donors (Lipinski definition) is 1. The van der Waals surface area contributed by atoms with Crippen molar-refractivity contribution in [2.45, 2.75) is 31.6 Å². The Labute approximate surface area is 109 Å². The molecule has 1 aromatic rings. The lowest BCUT2D eigenvalue weighted by Gasteiger charge is -2.22. The molecule has 0 aliphatic rings. The van der Waals surface area contributed by atoms with Crippen LogP contribution < -0.4 is 4.72 Å². The van der Waals surface area contributed by atoms with Crippen LogP contribution in [-0.4, -0.2) is 20.4 Å². The summed E-state index contributed by atoms with van der Waals surface area (Å²) >= 11 is 0. The molecule has 5 nitrogen and oxygen atoms in total. The average Bonchev–Trinajstić information content (AvgIpc) is 2.27. The molecule has 0 fully saturated rings. The fourth-order valence-corrected chi connectivity index (χ4v) is 2.17. The Bertz CT molecular complexity index is 429. The maximum Gasteiger partial charge on any atom is 0.224 e. The van der Waals surface area contributed by atoms with Gasteiger partial charge in [-0.3, -0.25) is 10.1 Å². The molecular weight excluding hydrogens is 252 g/mol. The maximum atomic E-state index is 12.0. The second-order valence-corrected chi connectivity index (χ2v) is 6.98. The molecule has 0 bridgehead atoms. The predicted octanol–water partition coefficient (Wildman–Crippen LogP) is 2.06. The maximum absolute atomic E-state index is 12.0. The average molecular weight is 270 g/mol. The van der Waals surface area contributed by atoms with Crippen LogP contribution in [0.3, 0.4) is 0 Å². The van der Waals surface area contributed by atoms with E-state index in [1.807, 2.05) is 39.0 Å². The van der Waals surface area contributed by atoms with E-state index in [4.69, 9.17) is 0 Å². The van der Waals surface area contributed by atoms with Gasteiger partial charge in [0, 0.05) is 4.92 Å². The van der Waals surface area contributed by atoms with Crippen molar-refractivity contribution in [2.24, 2.45) is 0 Å². The topological polar surface area (TPSA) is 72.2 Å². The van der Waals surface area contributed by atoms with Crippen LogP contribution >= 0.6 is 0 Å². The first kappa shape index (κ1) is 14.8. The van der Waals surface area contributed by atoms with Crippen LogP contribution in [0.5, 0.6) is 0 Å². The first-order chi connectivity index (χ1) is 8.30. The number of nitrogens with zero attached hydrogens (tertiary/aromatic N) is 1. The van der Waals surface area contributed by atoms with Gasteiger partial charge in [0.2, 0.25) is 6.54 Å². The van der Waals surface area contributed by atoms with Gasteiger partial charge in [-0.2, -0.15) is 0 Å². The van der Waals surface area contributed by atoms with Crippen molar-refractivity contribution in [3.63, 3.8) is 0 Å². The molecule has 0 aliphatic heterocycles. The highest BCUT2D eigenvalue weighted by molar-refractivity contribution is 7.84. The molecule has 1 aromatic carbocycles. The van der Waals surface area contributed by atoms with E-state index < -0.39 is 26.7 Å². The van der Waals surface area contributed by atoms with Gasteiger partial charge in [0.1, 0.15) is 6.04 Å². The van der Waals surface area contributed by atoms with Crippen LogP contribution in [0.4, 0.5) is 0 Å². The number of benzene rings is 1. The van der Waals surface area contributed by atoms with Gasteiger partial charge in [0.05, 0.1) is 15.7 Å². The molecule has 0 saturated heterocycles. The SMILES string of the molecule is CC(C)(C)S(=O)N[C@H](C[N+](=O)[O-])c1ccccc1. The van der Waals surface area contributed by atoms with Crippen molar-refractivity contribution < 1.29 is 9.13 Å². The van der Waals surface area contributed by atoms with Crippen LogP contribution in [0.1, 0.15) is 32.4 Å². The second-order valence-electron chi connectivity index (χ2n) is 4.98. The minimum atomic E-state index is -1.34. The zero-order chi connectivity index (χ0) is 13.8. The lowest BCUT2D eigenvalue weighted by atomic mass is 10.1. The van der Waals surface area contributed by atoms with E-state index in [1.165, 1.54) is 0 Å². The molecule has 2 atom stereocenters. The summed E-state index contributed by atoms with van der Waals surface area (Å²) in [4.78, 5) is 10.3. The molecule has 0 saturated carbocycles. The van der Waals surface area contributed by atoms with Crippen LogP contribution in [0.2, 0.25) is 0 Å². The van der Waals surface area contributed by atoms with Gasteiger partial charge in [-0.05, 0) is 26.3 Å². The number of nitrogens with one attached hydrogen (secondary N) is 1. The molecule has 0 amide bonds. The van der Waals surface area contributed by atoms with Crippen LogP contribution in [0, 0.1) is 10.1 Å². The Hall–Kier alpha value is -1.27. The quantitative estimate of drug-likeness (QED) is 0.657. The van der Waals surface area contributed by atoms with E-state index in [9.17, 15) is 14.3 Å². The van der Waals surface area contributed by atoms with Crippen molar-refractivity contribution in [1.29, 1.82) is 0 Å². The molecule has 0 radical (unpaired) electrons. The zero-order valence-corrected chi connectivity index (χ0v) is 11.6. The Morgan fingerprint density at radius 2 is 1.89 bits per heavy atom. The van der Waals surface area contributed by atoms with E-state index in [0.717, 1.165) is 5.56 Å². The highest BCUT2D eigenvalue weighted by Crippen LogP contribution is 2.17. The first-order valence-electron chi connectivity index (χ1n) is 5.65. The molecule has 6 heteroatoms. The normalized spacial score (nSPS) is 15.1. The fraction of sp³-hybridized carbons (Fsp3) is 0.500. The minimum Gasteiger partial charge on any atom is -0.264 e. The summed E-state index contributed by atoms with van der Waals surface area (Å²) in [5.41, 5.74) is 0.770. The van der Waals surface area contributed by atoms with Gasteiger partial charge in [0.25, 0.3) is 0 Å². The van der Waals surface area contributed by atoms with E-state index in [2.05, 4.69) is 4.72 Å². The summed E-state index contributed by atoms with van der Waals surface area (Å²) < 4.78 is 14.4. The van der Waals surface area contributed by atoms with Gasteiger partial charge < -0.3 is 0 Å². The molecule has 1 N–H and O–H groups in total. The van der Waals surface area contributed by atoms with E-state index in [-0.39, 0.29) is 6.54 Å². The van der Waals surface area contributed by atoms with Crippen molar-refractivity contribution in [2.75, 3.05) is 6.54 Å². The molecule has 0 aromatic heterocycles. The molecular formula is C12H18N2O3S. The smallest absolute Gasteiger partial charge is 0.224 e. The lowest BCUT2D eigenvalue weighted by molar-refractivity contribution is -0.483. The third-order valence-corrected chi connectivity index (χ3v) is 3.95. The monoisotopic (exact) mass is 270 g/mol. The first-order valence-corrected chi connectivity index (χ1v) is 6.80. The largest absolute Gasteiger partial charge is 0.264 e. The molecule has 0 spiro atoms. The Kier molecular flexibility index (Phi) is 4.98. The Balaban J connectivity index is 2.87. The summed E-state index contributed by atoms with van der Waals surface area (Å²) in [5.74, 6) is 0. The van der Waals surface area contributed by atoms with Crippen molar-refractivity contribution in [3.8, 4) is 0 Å². The molecule has 1 unspecified atom stereocenters. The van der Waals surface area contributed by atoms with Crippen molar-refractivity contribution in [1.82, 2.24) is 4.72 Å². The van der Waals surface area contributed by atoms with Crippen molar-refractivity contribution in [3.05, 3.63) is 46.0 Å². The summed E-state index contributed by atoms with van der Waals surface area (Å²) in [6.45, 7) is 5.19. The van der Waals surface area contributed by atoms with Gasteiger partial charge in [-0.25, -0.2) is 8.93 Å². The molecule has 100 valence electrons. The lowest BCUT2D eigenvalue weighted by Crippen LogP contribution is -2.38. The molecule has 0 aliphatic carbocycles.